The quantitative estimate of drug-likeness (QED) is 0.407. The maximum absolute atomic E-state index is 13.2. The van der Waals surface area contributed by atoms with Crippen molar-refractivity contribution in [2.24, 2.45) is 5.92 Å². The molecule has 4 N–H and O–H groups in total. The Morgan fingerprint density at radius 1 is 1.34 bits per heavy atom. The van der Waals surface area contributed by atoms with Crippen LogP contribution in [0.4, 0.5) is 15.0 Å². The number of nitrogens with one attached hydrogen (secondary N) is 2. The second-order valence-electron chi connectivity index (χ2n) is 9.10. The van der Waals surface area contributed by atoms with Crippen LogP contribution in [0.25, 0.3) is 5.69 Å². The monoisotopic (exact) mass is 481 g/mol. The van der Waals surface area contributed by atoms with Crippen molar-refractivity contribution >= 4 is 23.7 Å². The third-order valence-corrected chi connectivity index (χ3v) is 6.89. The van der Waals surface area contributed by atoms with Crippen molar-refractivity contribution in [3.8, 4) is 11.8 Å². The molecule has 2 unspecified atom stereocenters. The highest BCUT2D eigenvalue weighted by atomic mass is 19.1. The number of anilines is 1. The van der Waals surface area contributed by atoms with E-state index in [1.54, 1.807) is 0 Å². The molecule has 10 nitrogen and oxygen atoms in total. The summed E-state index contributed by atoms with van der Waals surface area (Å²) in [7, 11) is 0. The van der Waals surface area contributed by atoms with E-state index in [4.69, 9.17) is 5.73 Å². The van der Waals surface area contributed by atoms with Crippen molar-refractivity contribution in [1.29, 1.82) is 5.26 Å². The van der Waals surface area contributed by atoms with Crippen molar-refractivity contribution in [3.63, 3.8) is 0 Å². The Kier molecular flexibility index (Phi) is 6.73. The standard InChI is InChI=1S/C24H28FN7O3/c1-15-5-2-3-11-24(15)22(34)31(23(35)29-24)14-20(33)28-12-4-6-19-18(13-26)21(27)32(30-19)17-9-7-16(25)8-10-17/h7-10,15H,2-6,11-12,14,27H2,1H3,(H,28,33)(H,29,35). The molecule has 0 radical (unpaired) electrons. The first-order valence-electron chi connectivity index (χ1n) is 11.7. The number of nitrogen functional groups attached to an aromatic ring is 1. The molecule has 1 saturated carbocycles. The normalized spacial score (nSPS) is 21.7. The molecular formula is C24H28FN7O3. The number of benzene rings is 1. The molecule has 11 heteroatoms. The van der Waals surface area contributed by atoms with Gasteiger partial charge in [-0.2, -0.15) is 10.4 Å². The molecule has 0 bridgehead atoms. The first-order chi connectivity index (χ1) is 16.8. The number of imide groups is 1. The summed E-state index contributed by atoms with van der Waals surface area (Å²) in [5.74, 6) is -0.983. The minimum absolute atomic E-state index is 0.0252. The summed E-state index contributed by atoms with van der Waals surface area (Å²) in [6.07, 6.45) is 4.16. The van der Waals surface area contributed by atoms with E-state index < -0.39 is 23.3 Å². The lowest BCUT2D eigenvalue weighted by Crippen LogP contribution is -2.54. The zero-order valence-electron chi connectivity index (χ0n) is 19.5. The average Bonchev–Trinajstić information content (AvgIpc) is 3.28. The molecular weight excluding hydrogens is 453 g/mol. The average molecular weight is 482 g/mol. The van der Waals surface area contributed by atoms with Gasteiger partial charge in [0.25, 0.3) is 5.91 Å². The van der Waals surface area contributed by atoms with E-state index in [0.29, 0.717) is 30.6 Å². The van der Waals surface area contributed by atoms with Gasteiger partial charge in [-0.3, -0.25) is 14.5 Å². The minimum Gasteiger partial charge on any atom is -0.382 e. The summed E-state index contributed by atoms with van der Waals surface area (Å²) in [5.41, 5.74) is 6.39. The minimum atomic E-state index is -0.896. The Balaban J connectivity index is 1.32. The Morgan fingerprint density at radius 2 is 2.09 bits per heavy atom. The van der Waals surface area contributed by atoms with Crippen LogP contribution in [0.15, 0.2) is 24.3 Å². The molecule has 1 spiro atoms. The van der Waals surface area contributed by atoms with Gasteiger partial charge in [0.2, 0.25) is 5.91 Å². The molecule has 1 aromatic heterocycles. The second kappa shape index (κ2) is 9.74. The van der Waals surface area contributed by atoms with Gasteiger partial charge >= 0.3 is 6.03 Å². The molecule has 1 aromatic carbocycles. The number of rotatable bonds is 7. The van der Waals surface area contributed by atoms with Crippen molar-refractivity contribution in [2.45, 2.75) is 51.0 Å². The highest BCUT2D eigenvalue weighted by Crippen LogP contribution is 2.38. The third-order valence-electron chi connectivity index (χ3n) is 6.89. The molecule has 2 fully saturated rings. The summed E-state index contributed by atoms with van der Waals surface area (Å²) in [4.78, 5) is 38.9. The highest BCUT2D eigenvalue weighted by Gasteiger charge is 2.55. The van der Waals surface area contributed by atoms with E-state index in [1.807, 2.05) is 13.0 Å². The molecule has 1 aliphatic carbocycles. The Morgan fingerprint density at radius 3 is 2.77 bits per heavy atom. The maximum atomic E-state index is 13.2. The number of carbonyl (C=O) groups is 3. The molecule has 2 heterocycles. The van der Waals surface area contributed by atoms with Crippen molar-refractivity contribution in [3.05, 3.63) is 41.3 Å². The predicted octanol–water partition coefficient (Wildman–Crippen LogP) is 2.01. The first kappa shape index (κ1) is 24.2. The van der Waals surface area contributed by atoms with Gasteiger partial charge in [-0.1, -0.05) is 19.8 Å². The number of nitrogens with zero attached hydrogens (tertiary/aromatic N) is 4. The predicted molar refractivity (Wildman–Crippen MR) is 125 cm³/mol. The number of hydrogen-bond donors (Lipinski definition) is 3. The number of nitrogens with two attached hydrogens (primary N) is 1. The molecule has 1 saturated heterocycles. The summed E-state index contributed by atoms with van der Waals surface area (Å²) in [6.45, 7) is 1.88. The van der Waals surface area contributed by atoms with Gasteiger partial charge in [0.1, 0.15) is 35.4 Å². The summed E-state index contributed by atoms with van der Waals surface area (Å²) in [6, 6.07) is 7.10. The fraction of sp³-hybridized carbons (Fsp3) is 0.458. The highest BCUT2D eigenvalue weighted by molar-refractivity contribution is 6.09. The van der Waals surface area contributed by atoms with Crippen molar-refractivity contribution in [2.75, 3.05) is 18.8 Å². The van der Waals surface area contributed by atoms with Crippen LogP contribution in [0.2, 0.25) is 0 Å². The molecule has 184 valence electrons. The van der Waals surface area contributed by atoms with Crippen LogP contribution in [-0.2, 0) is 16.0 Å². The number of aryl methyl sites for hydroxylation is 1. The third kappa shape index (κ3) is 4.56. The number of halogens is 1. The number of nitriles is 1. The van der Waals surface area contributed by atoms with Gasteiger partial charge in [-0.05, 0) is 55.9 Å². The van der Waals surface area contributed by atoms with Gasteiger partial charge in [0.15, 0.2) is 0 Å². The largest absolute Gasteiger partial charge is 0.382 e. The number of hydrogen-bond acceptors (Lipinski definition) is 6. The van der Waals surface area contributed by atoms with Crippen molar-refractivity contribution in [1.82, 2.24) is 25.3 Å². The summed E-state index contributed by atoms with van der Waals surface area (Å²) in [5, 5.41) is 19.4. The van der Waals surface area contributed by atoms with E-state index in [-0.39, 0.29) is 36.3 Å². The molecule has 4 amide bonds. The molecule has 4 rings (SSSR count). The van der Waals surface area contributed by atoms with E-state index >= 15 is 0 Å². The van der Waals surface area contributed by atoms with E-state index in [1.165, 1.54) is 28.9 Å². The fourth-order valence-corrected chi connectivity index (χ4v) is 4.88. The molecule has 35 heavy (non-hydrogen) atoms. The fourth-order valence-electron chi connectivity index (χ4n) is 4.88. The van der Waals surface area contributed by atoms with Crippen molar-refractivity contribution < 1.29 is 18.8 Å². The van der Waals surface area contributed by atoms with E-state index in [9.17, 15) is 24.0 Å². The number of urea groups is 1. The first-order valence-corrected chi connectivity index (χ1v) is 11.7. The van der Waals surface area contributed by atoms with Crippen LogP contribution in [0.5, 0.6) is 0 Å². The van der Waals surface area contributed by atoms with Crippen LogP contribution < -0.4 is 16.4 Å². The Bertz CT molecular complexity index is 1190. The summed E-state index contributed by atoms with van der Waals surface area (Å²) >= 11 is 0. The lowest BCUT2D eigenvalue weighted by molar-refractivity contribution is -0.137. The smallest absolute Gasteiger partial charge is 0.325 e. The van der Waals surface area contributed by atoms with Gasteiger partial charge in [0, 0.05) is 6.54 Å². The SMILES string of the molecule is CC1CCCCC12NC(=O)N(CC(=O)NCCCc1nn(-c3ccc(F)cc3)c(N)c1C#N)C2=O. The molecule has 2 atom stereocenters. The molecule has 2 aromatic rings. The van der Waals surface area contributed by atoms with Gasteiger partial charge in [0.05, 0.1) is 11.4 Å². The van der Waals surface area contributed by atoms with Crippen LogP contribution >= 0.6 is 0 Å². The van der Waals surface area contributed by atoms with E-state index in [2.05, 4.69) is 15.7 Å². The lowest BCUT2D eigenvalue weighted by atomic mass is 9.73. The number of aromatic nitrogens is 2. The zero-order chi connectivity index (χ0) is 25.2. The lowest BCUT2D eigenvalue weighted by Gasteiger charge is -2.36. The van der Waals surface area contributed by atoms with Crippen LogP contribution in [0.3, 0.4) is 0 Å². The topological polar surface area (TPSA) is 146 Å². The van der Waals surface area contributed by atoms with Crippen LogP contribution in [0.1, 0.15) is 50.3 Å². The summed E-state index contributed by atoms with van der Waals surface area (Å²) < 4.78 is 14.6. The number of amides is 4. The van der Waals surface area contributed by atoms with Crippen LogP contribution in [-0.4, -0.2) is 51.2 Å². The second-order valence-corrected chi connectivity index (χ2v) is 9.10. The van der Waals surface area contributed by atoms with Gasteiger partial charge in [-0.15, -0.1) is 0 Å². The van der Waals surface area contributed by atoms with Gasteiger partial charge in [-0.25, -0.2) is 13.9 Å². The maximum Gasteiger partial charge on any atom is 0.325 e. The van der Waals surface area contributed by atoms with Gasteiger partial charge < -0.3 is 16.4 Å². The zero-order valence-corrected chi connectivity index (χ0v) is 19.5. The number of carbonyl (C=O) groups excluding carboxylic acids is 3. The molecule has 1 aliphatic heterocycles. The van der Waals surface area contributed by atoms with Crippen LogP contribution in [0, 0.1) is 23.1 Å². The van der Waals surface area contributed by atoms with E-state index in [0.717, 1.165) is 24.2 Å². The molecule has 2 aliphatic rings. The Hall–Kier alpha value is -3.94. The Labute approximate surface area is 202 Å².